The van der Waals surface area contributed by atoms with Crippen LogP contribution in [0.25, 0.3) is 0 Å². The third kappa shape index (κ3) is 20.4. The van der Waals surface area contributed by atoms with Gasteiger partial charge < -0.3 is 12.5 Å². The smallest absolute Gasteiger partial charge is 0.0719 e. The van der Waals surface area contributed by atoms with Crippen molar-refractivity contribution in [3.8, 4) is 0 Å². The van der Waals surface area contributed by atoms with E-state index >= 15 is 0 Å². The van der Waals surface area contributed by atoms with Gasteiger partial charge in [0.15, 0.2) is 0 Å². The number of hydrogen-bond donors (Lipinski definition) is 1. The van der Waals surface area contributed by atoms with Crippen LogP contribution < -0.4 is 0 Å². The summed E-state index contributed by atoms with van der Waals surface area (Å²) in [6, 6.07) is 0. The first-order valence-electron chi connectivity index (χ1n) is 4.00. The molecule has 2 fully saturated rings. The molecule has 15 heavy (non-hydrogen) atoms. The van der Waals surface area contributed by atoms with E-state index in [0.717, 1.165) is 6.26 Å². The van der Waals surface area contributed by atoms with Gasteiger partial charge in [-0.3, -0.25) is 0 Å². The molecule has 0 atom stereocenters. The molecule has 0 aliphatic heterocycles. The minimum Gasteiger partial charge on any atom is -0.516 e. The van der Waals surface area contributed by atoms with Crippen LogP contribution in [0.2, 0.25) is 0 Å². The SMILES string of the molecule is C=CO.[CH3-].[CH]1[CH][CH][CH][CH]1.[CH]1[CH][CH][CH][CH]1.[Ti]. The topological polar surface area (TPSA) is 20.2 Å². The number of aliphatic hydroxyl groups excluding tert-OH is 1. The Kier molecular flexibility index (Phi) is 27.2. The zero-order chi connectivity index (χ0) is 9.78. The maximum absolute atomic E-state index is 7.33. The van der Waals surface area contributed by atoms with Gasteiger partial charge in [0.2, 0.25) is 0 Å². The molecule has 2 aliphatic rings. The van der Waals surface area contributed by atoms with Crippen molar-refractivity contribution in [3.05, 3.63) is 84.5 Å². The maximum Gasteiger partial charge on any atom is 0.0719 e. The zero-order valence-electron chi connectivity index (χ0n) is 9.01. The van der Waals surface area contributed by atoms with Crippen molar-refractivity contribution in [1.82, 2.24) is 0 Å². The first kappa shape index (κ1) is 20.6. The molecule has 0 aromatic heterocycles. The summed E-state index contributed by atoms with van der Waals surface area (Å²) < 4.78 is 0. The third-order valence-corrected chi connectivity index (χ3v) is 1.11. The molecule has 0 heterocycles. The van der Waals surface area contributed by atoms with E-state index in [9.17, 15) is 0 Å². The molecule has 10 radical (unpaired) electrons. The van der Waals surface area contributed by atoms with Gasteiger partial charge in [-0.2, -0.15) is 0 Å². The third-order valence-electron chi connectivity index (χ3n) is 1.11. The molecule has 2 saturated carbocycles. The fourth-order valence-electron chi connectivity index (χ4n) is 0.642. The van der Waals surface area contributed by atoms with Crippen molar-refractivity contribution in [1.29, 1.82) is 0 Å². The Morgan fingerprint density at radius 2 is 0.733 bits per heavy atom. The molecule has 0 spiro atoms. The molecule has 0 aromatic rings. The first-order valence-corrected chi connectivity index (χ1v) is 4.00. The monoisotopic (exact) mass is 237 g/mol. The Morgan fingerprint density at radius 3 is 0.800 bits per heavy atom. The number of rotatable bonds is 0. The molecular formula is C13H17OTi-. The average molecular weight is 237 g/mol. The van der Waals surface area contributed by atoms with Crippen LogP contribution in [-0.4, -0.2) is 5.11 Å². The first-order chi connectivity index (χ1) is 6.41. The minimum atomic E-state index is 0. The Labute approximate surface area is 111 Å². The summed E-state index contributed by atoms with van der Waals surface area (Å²) in [6.45, 7) is 2.92. The van der Waals surface area contributed by atoms with Crippen LogP contribution in [0.3, 0.4) is 0 Å². The van der Waals surface area contributed by atoms with E-state index < -0.39 is 0 Å². The van der Waals surface area contributed by atoms with Gasteiger partial charge in [-0.05, 0) is 64.2 Å². The van der Waals surface area contributed by atoms with Crippen molar-refractivity contribution >= 4 is 0 Å². The fourth-order valence-corrected chi connectivity index (χ4v) is 0.642. The largest absolute Gasteiger partial charge is 0.516 e. The number of hydrogen-bond acceptors (Lipinski definition) is 1. The molecule has 2 heteroatoms. The predicted molar refractivity (Wildman–Crippen MR) is 62.2 cm³/mol. The molecule has 80 valence electrons. The van der Waals surface area contributed by atoms with E-state index in [4.69, 9.17) is 5.11 Å². The van der Waals surface area contributed by atoms with Crippen LogP contribution in [0.15, 0.2) is 12.8 Å². The minimum absolute atomic E-state index is 0. The van der Waals surface area contributed by atoms with E-state index in [2.05, 4.69) is 6.58 Å². The summed E-state index contributed by atoms with van der Waals surface area (Å²) >= 11 is 0. The van der Waals surface area contributed by atoms with Gasteiger partial charge in [0.05, 0.1) is 6.26 Å². The van der Waals surface area contributed by atoms with Crippen LogP contribution >= 0.6 is 0 Å². The summed E-state index contributed by atoms with van der Waals surface area (Å²) in [5, 5.41) is 7.33. The quantitative estimate of drug-likeness (QED) is 0.389. The Hall–Kier alpha value is 0.254. The van der Waals surface area contributed by atoms with Crippen LogP contribution in [0.1, 0.15) is 0 Å². The van der Waals surface area contributed by atoms with Gasteiger partial charge in [0.1, 0.15) is 0 Å². The average Bonchev–Trinajstić information content (AvgIpc) is 2.85. The van der Waals surface area contributed by atoms with Gasteiger partial charge in [-0.1, -0.05) is 6.58 Å². The molecular weight excluding hydrogens is 220 g/mol. The fraction of sp³-hybridized carbons (Fsp3) is 0. The van der Waals surface area contributed by atoms with Crippen molar-refractivity contribution in [3.63, 3.8) is 0 Å². The van der Waals surface area contributed by atoms with Crippen LogP contribution in [0.5, 0.6) is 0 Å². The van der Waals surface area contributed by atoms with Gasteiger partial charge in [-0.15, -0.1) is 0 Å². The summed E-state index contributed by atoms with van der Waals surface area (Å²) in [7, 11) is 0. The standard InChI is InChI=1S/2C5H5.C2H4O.CH3.Ti/c2*1-2-4-5-3-1;1-2-3;;/h2*1-5H;2-3H,1H2;1H3;/q;;;-1;. The second kappa shape index (κ2) is 19.8. The Balaban J connectivity index is -0.000000140. The van der Waals surface area contributed by atoms with Gasteiger partial charge >= 0.3 is 0 Å². The number of aliphatic hydroxyl groups is 1. The Bertz CT molecular complexity index is 71.5. The molecule has 1 nitrogen and oxygen atoms in total. The second-order valence-corrected chi connectivity index (χ2v) is 2.11. The summed E-state index contributed by atoms with van der Waals surface area (Å²) in [4.78, 5) is 0. The molecule has 1 N–H and O–H groups in total. The van der Waals surface area contributed by atoms with Crippen molar-refractivity contribution in [2.75, 3.05) is 0 Å². The molecule has 0 unspecified atom stereocenters. The van der Waals surface area contributed by atoms with E-state index in [1.807, 2.05) is 64.2 Å². The summed E-state index contributed by atoms with van der Waals surface area (Å²) in [5.74, 6) is 0. The van der Waals surface area contributed by atoms with E-state index in [1.165, 1.54) is 0 Å². The van der Waals surface area contributed by atoms with Gasteiger partial charge in [0, 0.05) is 21.7 Å². The molecule has 0 amide bonds. The zero-order valence-corrected chi connectivity index (χ0v) is 10.6. The van der Waals surface area contributed by atoms with Crippen molar-refractivity contribution < 1.29 is 26.8 Å². The van der Waals surface area contributed by atoms with E-state index in [-0.39, 0.29) is 29.1 Å². The van der Waals surface area contributed by atoms with Crippen LogP contribution in [0, 0.1) is 71.6 Å². The molecule has 2 rings (SSSR count). The molecule has 0 saturated heterocycles. The van der Waals surface area contributed by atoms with Gasteiger partial charge in [-0.25, -0.2) is 0 Å². The molecule has 0 aromatic carbocycles. The summed E-state index contributed by atoms with van der Waals surface area (Å²) in [5.41, 5.74) is 0. The van der Waals surface area contributed by atoms with Gasteiger partial charge in [0.25, 0.3) is 0 Å². The summed E-state index contributed by atoms with van der Waals surface area (Å²) in [6.07, 6.45) is 20.8. The maximum atomic E-state index is 7.33. The van der Waals surface area contributed by atoms with E-state index in [0.29, 0.717) is 0 Å². The Morgan fingerprint density at radius 1 is 0.667 bits per heavy atom. The molecule has 2 aliphatic carbocycles. The van der Waals surface area contributed by atoms with Crippen LogP contribution in [-0.2, 0) is 21.7 Å². The van der Waals surface area contributed by atoms with Crippen LogP contribution in [0.4, 0.5) is 0 Å². The van der Waals surface area contributed by atoms with E-state index in [1.54, 1.807) is 0 Å². The molecule has 0 bridgehead atoms. The predicted octanol–water partition coefficient (Wildman–Crippen LogP) is 3.18. The van der Waals surface area contributed by atoms with Crippen molar-refractivity contribution in [2.45, 2.75) is 0 Å². The second-order valence-electron chi connectivity index (χ2n) is 2.11. The normalized spacial score (nSPS) is 16.8. The van der Waals surface area contributed by atoms with Crippen molar-refractivity contribution in [2.24, 2.45) is 0 Å².